The summed E-state index contributed by atoms with van der Waals surface area (Å²) in [6.07, 6.45) is 7.48. The van der Waals surface area contributed by atoms with Crippen LogP contribution < -0.4 is 10.1 Å². The van der Waals surface area contributed by atoms with Crippen molar-refractivity contribution in [3.05, 3.63) is 24.3 Å². The van der Waals surface area contributed by atoms with Gasteiger partial charge in [0, 0.05) is 30.8 Å². The highest BCUT2D eigenvalue weighted by molar-refractivity contribution is 5.97. The Labute approximate surface area is 142 Å². The molecule has 0 spiro atoms. The summed E-state index contributed by atoms with van der Waals surface area (Å²) in [7, 11) is 0. The van der Waals surface area contributed by atoms with E-state index in [2.05, 4.69) is 5.32 Å². The third kappa shape index (κ3) is 3.40. The van der Waals surface area contributed by atoms with E-state index in [1.807, 2.05) is 29.2 Å². The molecular weight excluding hydrogens is 304 g/mol. The number of hydrogen-bond donors (Lipinski definition) is 1. The molecule has 1 saturated heterocycles. The lowest BCUT2D eigenvalue weighted by atomic mass is 10.1. The molecule has 1 unspecified atom stereocenters. The van der Waals surface area contributed by atoms with Gasteiger partial charge in [0.25, 0.3) is 0 Å². The van der Waals surface area contributed by atoms with Gasteiger partial charge in [-0.25, -0.2) is 0 Å². The lowest BCUT2D eigenvalue weighted by Gasteiger charge is -2.16. The van der Waals surface area contributed by atoms with Crippen LogP contribution in [0.5, 0.6) is 5.75 Å². The minimum Gasteiger partial charge on any atom is -0.490 e. The zero-order valence-corrected chi connectivity index (χ0v) is 13.9. The lowest BCUT2D eigenvalue weighted by molar-refractivity contribution is -0.128. The highest BCUT2D eigenvalue weighted by Crippen LogP contribution is 2.33. The maximum Gasteiger partial charge on any atom is 0.229 e. The Kier molecular flexibility index (Phi) is 4.17. The molecule has 0 aromatic heterocycles. The summed E-state index contributed by atoms with van der Waals surface area (Å²) in [4.78, 5) is 26.3. The average Bonchev–Trinajstić information content (AvgIpc) is 3.13. The standard InChI is InChI=1S/C19H24N2O3/c22-18-10-13(12-21(18)15-8-9-15)19(23)20-14-4-3-7-17(11-14)24-16-5-1-2-6-16/h3-4,7,11,13,15-16H,1-2,5-6,8-10,12H2,(H,20,23). The number of rotatable bonds is 5. The molecule has 0 bridgehead atoms. The minimum atomic E-state index is -0.238. The smallest absolute Gasteiger partial charge is 0.229 e. The van der Waals surface area contributed by atoms with E-state index in [1.165, 1.54) is 12.8 Å². The fraction of sp³-hybridized carbons (Fsp3) is 0.579. The monoisotopic (exact) mass is 328 g/mol. The molecule has 1 aromatic carbocycles. The fourth-order valence-electron chi connectivity index (χ4n) is 3.74. The maximum atomic E-state index is 12.5. The second-order valence-electron chi connectivity index (χ2n) is 7.22. The van der Waals surface area contributed by atoms with E-state index in [4.69, 9.17) is 4.74 Å². The maximum absolute atomic E-state index is 12.5. The van der Waals surface area contributed by atoms with Gasteiger partial charge in [-0.1, -0.05) is 6.07 Å². The van der Waals surface area contributed by atoms with Gasteiger partial charge in [0.2, 0.25) is 11.8 Å². The first-order valence-corrected chi connectivity index (χ1v) is 9.06. The number of amides is 2. The van der Waals surface area contributed by atoms with Crippen LogP contribution in [0.1, 0.15) is 44.9 Å². The number of carbonyl (C=O) groups is 2. The van der Waals surface area contributed by atoms with E-state index in [0.717, 1.165) is 37.1 Å². The third-order valence-electron chi connectivity index (χ3n) is 5.22. The SMILES string of the molecule is O=C(Nc1cccc(OC2CCCC2)c1)C1CC(=O)N(C2CC2)C1. The van der Waals surface area contributed by atoms with Crippen molar-refractivity contribution in [2.45, 2.75) is 57.1 Å². The number of ether oxygens (including phenoxy) is 1. The van der Waals surface area contributed by atoms with Crippen molar-refractivity contribution in [2.24, 2.45) is 5.92 Å². The quantitative estimate of drug-likeness (QED) is 0.904. The van der Waals surface area contributed by atoms with Crippen molar-refractivity contribution < 1.29 is 14.3 Å². The molecule has 5 heteroatoms. The van der Waals surface area contributed by atoms with Crippen LogP contribution in [-0.4, -0.2) is 35.4 Å². The third-order valence-corrected chi connectivity index (χ3v) is 5.22. The number of hydrogen-bond acceptors (Lipinski definition) is 3. The van der Waals surface area contributed by atoms with Gasteiger partial charge in [0.05, 0.1) is 12.0 Å². The summed E-state index contributed by atoms with van der Waals surface area (Å²) >= 11 is 0. The molecule has 2 aliphatic carbocycles. The van der Waals surface area contributed by atoms with Crippen molar-refractivity contribution in [2.75, 3.05) is 11.9 Å². The molecular formula is C19H24N2O3. The Morgan fingerprint density at radius 1 is 1.17 bits per heavy atom. The summed E-state index contributed by atoms with van der Waals surface area (Å²) in [5.41, 5.74) is 0.743. The molecule has 5 nitrogen and oxygen atoms in total. The van der Waals surface area contributed by atoms with Gasteiger partial charge in [-0.3, -0.25) is 9.59 Å². The highest BCUT2D eigenvalue weighted by atomic mass is 16.5. The summed E-state index contributed by atoms with van der Waals surface area (Å²) in [5.74, 6) is 0.625. The fourth-order valence-corrected chi connectivity index (χ4v) is 3.74. The summed E-state index contributed by atoms with van der Waals surface area (Å²) < 4.78 is 5.98. The van der Waals surface area contributed by atoms with Gasteiger partial charge in [-0.05, 0) is 50.7 Å². The van der Waals surface area contributed by atoms with Crippen LogP contribution in [0.4, 0.5) is 5.69 Å². The Balaban J connectivity index is 1.36. The Bertz CT molecular complexity index is 635. The van der Waals surface area contributed by atoms with Crippen LogP contribution in [0, 0.1) is 5.92 Å². The second kappa shape index (κ2) is 6.46. The molecule has 4 rings (SSSR count). The first-order valence-electron chi connectivity index (χ1n) is 9.06. The second-order valence-corrected chi connectivity index (χ2v) is 7.22. The van der Waals surface area contributed by atoms with Crippen molar-refractivity contribution in [3.8, 4) is 5.75 Å². The van der Waals surface area contributed by atoms with E-state index in [-0.39, 0.29) is 17.7 Å². The minimum absolute atomic E-state index is 0.0653. The van der Waals surface area contributed by atoms with Crippen molar-refractivity contribution in [3.63, 3.8) is 0 Å². The van der Waals surface area contributed by atoms with Crippen molar-refractivity contribution in [1.29, 1.82) is 0 Å². The summed E-state index contributed by atoms with van der Waals surface area (Å²) in [6, 6.07) is 7.97. The van der Waals surface area contributed by atoms with Crippen LogP contribution in [0.15, 0.2) is 24.3 Å². The largest absolute Gasteiger partial charge is 0.490 e. The number of nitrogens with zero attached hydrogens (tertiary/aromatic N) is 1. The first kappa shape index (κ1) is 15.5. The van der Waals surface area contributed by atoms with Gasteiger partial charge in [-0.2, -0.15) is 0 Å². The van der Waals surface area contributed by atoms with Gasteiger partial charge >= 0.3 is 0 Å². The summed E-state index contributed by atoms with van der Waals surface area (Å²) in [5, 5.41) is 2.95. The molecule has 1 aromatic rings. The zero-order valence-electron chi connectivity index (χ0n) is 13.9. The van der Waals surface area contributed by atoms with Crippen molar-refractivity contribution >= 4 is 17.5 Å². The van der Waals surface area contributed by atoms with Gasteiger partial charge in [0.1, 0.15) is 5.75 Å². The van der Waals surface area contributed by atoms with E-state index in [0.29, 0.717) is 25.1 Å². The molecule has 1 atom stereocenters. The number of benzene rings is 1. The highest BCUT2D eigenvalue weighted by Gasteiger charge is 2.41. The van der Waals surface area contributed by atoms with Crippen LogP contribution >= 0.6 is 0 Å². The Morgan fingerprint density at radius 3 is 2.71 bits per heavy atom. The number of nitrogens with one attached hydrogen (secondary N) is 1. The van der Waals surface area contributed by atoms with Crippen molar-refractivity contribution in [1.82, 2.24) is 4.90 Å². The van der Waals surface area contributed by atoms with Crippen LogP contribution in [0.2, 0.25) is 0 Å². The number of carbonyl (C=O) groups excluding carboxylic acids is 2. The molecule has 0 radical (unpaired) electrons. The topological polar surface area (TPSA) is 58.6 Å². The Morgan fingerprint density at radius 2 is 1.96 bits per heavy atom. The molecule has 3 fully saturated rings. The molecule has 1 N–H and O–H groups in total. The predicted octanol–water partition coefficient (Wildman–Crippen LogP) is 2.96. The first-order chi connectivity index (χ1) is 11.7. The molecule has 3 aliphatic rings. The molecule has 128 valence electrons. The predicted molar refractivity (Wildman–Crippen MR) is 90.8 cm³/mol. The lowest BCUT2D eigenvalue weighted by Crippen LogP contribution is -2.29. The zero-order chi connectivity index (χ0) is 16.5. The van der Waals surface area contributed by atoms with Gasteiger partial charge < -0.3 is 15.0 Å². The molecule has 1 heterocycles. The van der Waals surface area contributed by atoms with E-state index in [1.54, 1.807) is 0 Å². The van der Waals surface area contributed by atoms with E-state index < -0.39 is 0 Å². The van der Waals surface area contributed by atoms with Crippen LogP contribution in [0.3, 0.4) is 0 Å². The number of likely N-dealkylation sites (tertiary alicyclic amines) is 1. The van der Waals surface area contributed by atoms with Crippen LogP contribution in [0.25, 0.3) is 0 Å². The normalized spacial score (nSPS) is 24.4. The molecule has 1 aliphatic heterocycles. The molecule has 2 amide bonds. The number of anilines is 1. The molecule has 2 saturated carbocycles. The molecule has 24 heavy (non-hydrogen) atoms. The Hall–Kier alpha value is -2.04. The summed E-state index contributed by atoms with van der Waals surface area (Å²) in [6.45, 7) is 0.563. The van der Waals surface area contributed by atoms with Gasteiger partial charge in [-0.15, -0.1) is 0 Å². The van der Waals surface area contributed by atoms with E-state index in [9.17, 15) is 9.59 Å². The average molecular weight is 328 g/mol. The van der Waals surface area contributed by atoms with Crippen LogP contribution in [-0.2, 0) is 9.59 Å². The van der Waals surface area contributed by atoms with E-state index >= 15 is 0 Å². The van der Waals surface area contributed by atoms with Gasteiger partial charge in [0.15, 0.2) is 0 Å².